The molecule has 24 heavy (non-hydrogen) atoms. The molecule has 0 saturated carbocycles. The molecule has 136 valence electrons. The topological polar surface area (TPSA) is 62.2 Å². The molecule has 1 saturated heterocycles. The Labute approximate surface area is 143 Å². The Morgan fingerprint density at radius 1 is 1.38 bits per heavy atom. The fraction of sp³-hybridized carbons (Fsp3) is 0.714. The molecular weight excluding hydrogens is 347 g/mol. The van der Waals surface area contributed by atoms with E-state index in [9.17, 15) is 18.0 Å². The maximum atomic E-state index is 13.3. The number of piperazine rings is 1. The zero-order valence-electron chi connectivity index (χ0n) is 13.6. The Bertz CT molecular complexity index is 584. The number of hydrogen-bond donors (Lipinski definition) is 2. The second-order valence-electron chi connectivity index (χ2n) is 5.79. The summed E-state index contributed by atoms with van der Waals surface area (Å²) in [7, 11) is 0. The van der Waals surface area contributed by atoms with Crippen LogP contribution in [0.3, 0.4) is 0 Å². The highest BCUT2D eigenvalue weighted by atomic mass is 35.5. The summed E-state index contributed by atoms with van der Waals surface area (Å²) in [5.41, 5.74) is 1.19. The first-order valence-corrected chi connectivity index (χ1v) is 8.05. The molecule has 2 N–H and O–H groups in total. The lowest BCUT2D eigenvalue weighted by Crippen LogP contribution is -2.57. The van der Waals surface area contributed by atoms with Crippen molar-refractivity contribution in [1.82, 2.24) is 25.3 Å². The van der Waals surface area contributed by atoms with Crippen LogP contribution in [-0.2, 0) is 11.3 Å². The predicted molar refractivity (Wildman–Crippen MR) is 84.0 cm³/mol. The Hall–Kier alpha value is -1.32. The van der Waals surface area contributed by atoms with E-state index in [2.05, 4.69) is 15.7 Å². The van der Waals surface area contributed by atoms with Crippen molar-refractivity contribution < 1.29 is 18.0 Å². The minimum atomic E-state index is -4.40. The van der Waals surface area contributed by atoms with E-state index in [1.807, 2.05) is 0 Å². The molecule has 1 aromatic heterocycles. The van der Waals surface area contributed by atoms with Crippen molar-refractivity contribution in [2.24, 2.45) is 0 Å². The molecule has 2 heterocycles. The second kappa shape index (κ2) is 7.71. The molecule has 6 nitrogen and oxygen atoms in total. The number of aryl methyl sites for hydroxylation is 1. The van der Waals surface area contributed by atoms with Crippen molar-refractivity contribution in [3.05, 3.63) is 16.4 Å². The molecule has 1 aliphatic rings. The summed E-state index contributed by atoms with van der Waals surface area (Å²) in [6.07, 6.45) is -4.40. The van der Waals surface area contributed by atoms with Crippen molar-refractivity contribution in [1.29, 1.82) is 0 Å². The van der Waals surface area contributed by atoms with Crippen molar-refractivity contribution >= 4 is 17.5 Å². The molecule has 0 bridgehead atoms. The molecule has 0 aromatic carbocycles. The fourth-order valence-electron chi connectivity index (χ4n) is 2.68. The van der Waals surface area contributed by atoms with Crippen LogP contribution in [0.5, 0.6) is 0 Å². The Balaban J connectivity index is 1.95. The van der Waals surface area contributed by atoms with Gasteiger partial charge < -0.3 is 10.6 Å². The van der Waals surface area contributed by atoms with E-state index < -0.39 is 24.7 Å². The van der Waals surface area contributed by atoms with Crippen molar-refractivity contribution in [2.75, 3.05) is 32.7 Å². The first-order valence-electron chi connectivity index (χ1n) is 7.68. The van der Waals surface area contributed by atoms with Gasteiger partial charge in [-0.05, 0) is 13.8 Å². The number of alkyl halides is 3. The summed E-state index contributed by atoms with van der Waals surface area (Å²) >= 11 is 5.99. The Morgan fingerprint density at radius 2 is 2.00 bits per heavy atom. The van der Waals surface area contributed by atoms with Gasteiger partial charge in [0.05, 0.1) is 16.4 Å². The number of rotatable bonds is 5. The third-order valence-electron chi connectivity index (χ3n) is 4.05. The standard InChI is InChI=1S/C14H21ClF3N5O/c1-9-13(15)10(2)23(21-9)8-12(24)20-7-11(14(16,17)18)22-5-3-19-4-6-22/h11,19H,3-8H2,1-2H3,(H,20,24). The van der Waals surface area contributed by atoms with E-state index in [1.54, 1.807) is 13.8 Å². The Kier molecular flexibility index (Phi) is 6.11. The monoisotopic (exact) mass is 367 g/mol. The second-order valence-corrected chi connectivity index (χ2v) is 6.17. The predicted octanol–water partition coefficient (Wildman–Crippen LogP) is 1.11. The number of nitrogens with zero attached hydrogens (tertiary/aromatic N) is 3. The summed E-state index contributed by atoms with van der Waals surface area (Å²) in [5, 5.41) is 9.93. The summed E-state index contributed by atoms with van der Waals surface area (Å²) in [4.78, 5) is 13.3. The van der Waals surface area contributed by atoms with E-state index in [0.29, 0.717) is 42.6 Å². The van der Waals surface area contributed by atoms with Gasteiger partial charge in [-0.3, -0.25) is 14.4 Å². The highest BCUT2D eigenvalue weighted by molar-refractivity contribution is 6.31. The molecule has 0 radical (unpaired) electrons. The SMILES string of the molecule is Cc1nn(CC(=O)NCC(N2CCNCC2)C(F)(F)F)c(C)c1Cl. The maximum absolute atomic E-state index is 13.3. The van der Waals surface area contributed by atoms with E-state index in [1.165, 1.54) is 9.58 Å². The zero-order chi connectivity index (χ0) is 17.9. The van der Waals surface area contributed by atoms with E-state index in [-0.39, 0.29) is 6.54 Å². The highest BCUT2D eigenvalue weighted by Crippen LogP contribution is 2.25. The molecule has 1 unspecified atom stereocenters. The van der Waals surface area contributed by atoms with Gasteiger partial charge in [-0.2, -0.15) is 18.3 Å². The van der Waals surface area contributed by atoms with Crippen LogP contribution in [0.4, 0.5) is 13.2 Å². The van der Waals surface area contributed by atoms with Crippen LogP contribution in [0.15, 0.2) is 0 Å². The quantitative estimate of drug-likeness (QED) is 0.818. The molecule has 10 heteroatoms. The molecule has 1 amide bonds. The number of amides is 1. The number of nitrogens with one attached hydrogen (secondary N) is 2. The third kappa shape index (κ3) is 4.61. The van der Waals surface area contributed by atoms with Crippen molar-refractivity contribution in [3.63, 3.8) is 0 Å². The van der Waals surface area contributed by atoms with Gasteiger partial charge in [0.25, 0.3) is 0 Å². The lowest BCUT2D eigenvalue weighted by atomic mass is 10.2. The lowest BCUT2D eigenvalue weighted by molar-refractivity contribution is -0.184. The van der Waals surface area contributed by atoms with Crippen LogP contribution in [0.25, 0.3) is 0 Å². The number of carbonyl (C=O) groups excluding carboxylic acids is 1. The van der Waals surface area contributed by atoms with Crippen LogP contribution in [0, 0.1) is 13.8 Å². The normalized spacial score (nSPS) is 17.8. The van der Waals surface area contributed by atoms with Crippen molar-refractivity contribution in [3.8, 4) is 0 Å². The highest BCUT2D eigenvalue weighted by Gasteiger charge is 2.43. The summed E-state index contributed by atoms with van der Waals surface area (Å²) in [6, 6.07) is -1.69. The molecule has 2 rings (SSSR count). The molecule has 1 aromatic rings. The van der Waals surface area contributed by atoms with Crippen LogP contribution in [0.2, 0.25) is 5.02 Å². The molecule has 1 atom stereocenters. The van der Waals surface area contributed by atoms with Gasteiger partial charge in [-0.15, -0.1) is 0 Å². The van der Waals surface area contributed by atoms with Gasteiger partial charge in [0, 0.05) is 32.7 Å². The number of carbonyl (C=O) groups is 1. The van der Waals surface area contributed by atoms with E-state index >= 15 is 0 Å². The smallest absolute Gasteiger partial charge is 0.353 e. The Morgan fingerprint density at radius 3 is 2.50 bits per heavy atom. The molecule has 1 fully saturated rings. The van der Waals surface area contributed by atoms with Crippen LogP contribution < -0.4 is 10.6 Å². The number of aromatic nitrogens is 2. The summed E-state index contributed by atoms with van der Waals surface area (Å²) < 4.78 is 41.2. The van der Waals surface area contributed by atoms with Gasteiger partial charge in [-0.1, -0.05) is 11.6 Å². The van der Waals surface area contributed by atoms with E-state index in [0.717, 1.165) is 0 Å². The molecular formula is C14H21ClF3N5O. The minimum Gasteiger partial charge on any atom is -0.353 e. The summed E-state index contributed by atoms with van der Waals surface area (Å²) in [6.45, 7) is 4.37. The lowest BCUT2D eigenvalue weighted by Gasteiger charge is -2.35. The van der Waals surface area contributed by atoms with Crippen molar-refractivity contribution in [2.45, 2.75) is 32.6 Å². The average Bonchev–Trinajstić information content (AvgIpc) is 2.74. The van der Waals surface area contributed by atoms with Gasteiger partial charge in [0.15, 0.2) is 0 Å². The molecule has 0 spiro atoms. The van der Waals surface area contributed by atoms with Crippen LogP contribution in [0.1, 0.15) is 11.4 Å². The number of hydrogen-bond acceptors (Lipinski definition) is 4. The third-order valence-corrected chi connectivity index (χ3v) is 4.60. The maximum Gasteiger partial charge on any atom is 0.405 e. The first-order chi connectivity index (χ1) is 11.2. The van der Waals surface area contributed by atoms with Gasteiger partial charge in [0.2, 0.25) is 5.91 Å². The fourth-order valence-corrected chi connectivity index (χ4v) is 2.81. The van der Waals surface area contributed by atoms with Gasteiger partial charge in [0.1, 0.15) is 12.6 Å². The minimum absolute atomic E-state index is 0.161. The first kappa shape index (κ1) is 19.0. The number of halogens is 4. The van der Waals surface area contributed by atoms with Gasteiger partial charge >= 0.3 is 6.18 Å². The largest absolute Gasteiger partial charge is 0.405 e. The summed E-state index contributed by atoms with van der Waals surface area (Å²) in [5.74, 6) is -0.526. The van der Waals surface area contributed by atoms with Crippen LogP contribution in [-0.4, -0.2) is 65.5 Å². The van der Waals surface area contributed by atoms with Crippen LogP contribution >= 0.6 is 11.6 Å². The van der Waals surface area contributed by atoms with Gasteiger partial charge in [-0.25, -0.2) is 0 Å². The molecule has 1 aliphatic heterocycles. The van der Waals surface area contributed by atoms with E-state index in [4.69, 9.17) is 11.6 Å². The average molecular weight is 368 g/mol. The molecule has 0 aliphatic carbocycles. The zero-order valence-corrected chi connectivity index (χ0v) is 14.3.